The number of benzene rings is 1. The van der Waals surface area contributed by atoms with E-state index in [2.05, 4.69) is 45.3 Å². The van der Waals surface area contributed by atoms with E-state index >= 15 is 0 Å². The van der Waals surface area contributed by atoms with Crippen molar-refractivity contribution in [1.82, 2.24) is 20.0 Å². The molecule has 0 spiro atoms. The standard InChI is InChI=1S/C25H39N5O2/c1-7-9-15-26-24(32)29(16-10-8-2)18-23(31)27-22-17-21(25(4,5)6)28-30(22)20-13-11-19(3)12-14-20/h11-14,17H,7-10,15-16,18H2,1-6H3,(H,26,32)(H,27,31). The first-order valence-electron chi connectivity index (χ1n) is 11.7. The van der Waals surface area contributed by atoms with Gasteiger partial charge in [0.1, 0.15) is 12.4 Å². The summed E-state index contributed by atoms with van der Waals surface area (Å²) < 4.78 is 1.76. The number of nitrogens with one attached hydrogen (secondary N) is 2. The number of urea groups is 1. The quantitative estimate of drug-likeness (QED) is 0.508. The molecule has 0 atom stereocenters. The van der Waals surface area contributed by atoms with Gasteiger partial charge in [0.15, 0.2) is 0 Å². The van der Waals surface area contributed by atoms with Crippen LogP contribution in [0.2, 0.25) is 0 Å². The summed E-state index contributed by atoms with van der Waals surface area (Å²) in [6.45, 7) is 13.6. The number of anilines is 1. The molecule has 2 aromatic rings. The fourth-order valence-electron chi connectivity index (χ4n) is 3.16. The molecule has 0 unspecified atom stereocenters. The molecule has 0 saturated heterocycles. The monoisotopic (exact) mass is 441 g/mol. The Morgan fingerprint density at radius 1 is 1.06 bits per heavy atom. The number of carbonyl (C=O) groups excluding carboxylic acids is 2. The molecule has 2 rings (SSSR count). The van der Waals surface area contributed by atoms with Gasteiger partial charge in [0, 0.05) is 24.6 Å². The number of amides is 3. The Labute approximate surface area is 192 Å². The van der Waals surface area contributed by atoms with E-state index in [1.165, 1.54) is 0 Å². The van der Waals surface area contributed by atoms with Gasteiger partial charge in [0.2, 0.25) is 5.91 Å². The average Bonchev–Trinajstić information content (AvgIpc) is 3.16. The van der Waals surface area contributed by atoms with Crippen LogP contribution in [0.15, 0.2) is 30.3 Å². The number of aromatic nitrogens is 2. The third-order valence-electron chi connectivity index (χ3n) is 5.23. The lowest BCUT2D eigenvalue weighted by molar-refractivity contribution is -0.116. The Balaban J connectivity index is 2.21. The Kier molecular flexibility index (Phi) is 9.29. The van der Waals surface area contributed by atoms with Crippen LogP contribution in [0.4, 0.5) is 10.6 Å². The second-order valence-corrected chi connectivity index (χ2v) is 9.32. The number of nitrogens with zero attached hydrogens (tertiary/aromatic N) is 3. The zero-order valence-electron chi connectivity index (χ0n) is 20.5. The zero-order chi connectivity index (χ0) is 23.7. The average molecular weight is 442 g/mol. The van der Waals surface area contributed by atoms with E-state index in [0.29, 0.717) is 18.9 Å². The highest BCUT2D eigenvalue weighted by Gasteiger charge is 2.23. The van der Waals surface area contributed by atoms with Gasteiger partial charge in [-0.2, -0.15) is 5.10 Å². The van der Waals surface area contributed by atoms with E-state index in [1.54, 1.807) is 9.58 Å². The van der Waals surface area contributed by atoms with Gasteiger partial charge in [-0.25, -0.2) is 9.48 Å². The Morgan fingerprint density at radius 3 is 2.31 bits per heavy atom. The Bertz CT molecular complexity index is 881. The van der Waals surface area contributed by atoms with E-state index in [1.807, 2.05) is 37.3 Å². The maximum Gasteiger partial charge on any atom is 0.317 e. The minimum absolute atomic E-state index is 0.00187. The minimum atomic E-state index is -0.236. The summed E-state index contributed by atoms with van der Waals surface area (Å²) in [5.41, 5.74) is 2.75. The van der Waals surface area contributed by atoms with Gasteiger partial charge in [-0.05, 0) is 31.9 Å². The Hall–Kier alpha value is -2.83. The number of aryl methyl sites for hydroxylation is 1. The summed E-state index contributed by atoms with van der Waals surface area (Å²) in [5.74, 6) is 0.367. The SMILES string of the molecule is CCCCNC(=O)N(CCCC)CC(=O)Nc1cc(C(C)(C)C)nn1-c1ccc(C)cc1. The molecule has 0 aliphatic heterocycles. The highest BCUT2D eigenvalue weighted by Crippen LogP contribution is 2.26. The van der Waals surface area contributed by atoms with Crippen molar-refractivity contribution < 1.29 is 9.59 Å². The summed E-state index contributed by atoms with van der Waals surface area (Å²) in [5, 5.41) is 10.7. The molecule has 176 valence electrons. The van der Waals surface area contributed by atoms with Crippen LogP contribution in [0.25, 0.3) is 5.69 Å². The highest BCUT2D eigenvalue weighted by molar-refractivity contribution is 5.94. The normalized spacial score (nSPS) is 11.3. The van der Waals surface area contributed by atoms with Gasteiger partial charge in [-0.3, -0.25) is 4.79 Å². The van der Waals surface area contributed by atoms with Gasteiger partial charge in [-0.15, -0.1) is 0 Å². The van der Waals surface area contributed by atoms with Crippen molar-refractivity contribution >= 4 is 17.8 Å². The molecule has 1 aromatic heterocycles. The lowest BCUT2D eigenvalue weighted by atomic mass is 9.92. The summed E-state index contributed by atoms with van der Waals surface area (Å²) in [4.78, 5) is 27.1. The van der Waals surface area contributed by atoms with Crippen LogP contribution in [-0.2, 0) is 10.2 Å². The van der Waals surface area contributed by atoms with E-state index in [4.69, 9.17) is 5.10 Å². The third-order valence-corrected chi connectivity index (χ3v) is 5.23. The second kappa shape index (κ2) is 11.7. The van der Waals surface area contributed by atoms with E-state index < -0.39 is 0 Å². The predicted octanol–water partition coefficient (Wildman–Crippen LogP) is 5.03. The molecule has 0 radical (unpaired) electrons. The van der Waals surface area contributed by atoms with Crippen molar-refractivity contribution in [1.29, 1.82) is 0 Å². The minimum Gasteiger partial charge on any atom is -0.338 e. The largest absolute Gasteiger partial charge is 0.338 e. The maximum absolute atomic E-state index is 12.9. The van der Waals surface area contributed by atoms with Crippen LogP contribution in [-0.4, -0.2) is 46.3 Å². The predicted molar refractivity (Wildman–Crippen MR) is 130 cm³/mol. The molecule has 0 fully saturated rings. The van der Waals surface area contributed by atoms with Crippen molar-refractivity contribution in [2.24, 2.45) is 0 Å². The summed E-state index contributed by atoms with van der Waals surface area (Å²) in [7, 11) is 0. The molecular formula is C25H39N5O2. The van der Waals surface area contributed by atoms with Crippen molar-refractivity contribution in [3.05, 3.63) is 41.6 Å². The van der Waals surface area contributed by atoms with Crippen LogP contribution in [0, 0.1) is 6.92 Å². The first-order chi connectivity index (χ1) is 15.2. The van der Waals surface area contributed by atoms with Crippen molar-refractivity contribution in [2.75, 3.05) is 25.0 Å². The first-order valence-corrected chi connectivity index (χ1v) is 11.7. The lowest BCUT2D eigenvalue weighted by Crippen LogP contribution is -2.44. The topological polar surface area (TPSA) is 79.3 Å². The third kappa shape index (κ3) is 7.39. The molecule has 7 nitrogen and oxygen atoms in total. The molecule has 2 N–H and O–H groups in total. The number of hydrogen-bond donors (Lipinski definition) is 2. The zero-order valence-corrected chi connectivity index (χ0v) is 20.5. The number of unbranched alkanes of at least 4 members (excludes halogenated alkanes) is 2. The number of carbonyl (C=O) groups is 2. The van der Waals surface area contributed by atoms with Gasteiger partial charge < -0.3 is 15.5 Å². The lowest BCUT2D eigenvalue weighted by Gasteiger charge is -2.22. The molecule has 0 bridgehead atoms. The molecule has 7 heteroatoms. The molecule has 1 aromatic carbocycles. The van der Waals surface area contributed by atoms with Gasteiger partial charge in [-0.1, -0.05) is 65.2 Å². The van der Waals surface area contributed by atoms with Gasteiger partial charge >= 0.3 is 6.03 Å². The fraction of sp³-hybridized carbons (Fsp3) is 0.560. The molecule has 32 heavy (non-hydrogen) atoms. The molecule has 1 heterocycles. The summed E-state index contributed by atoms with van der Waals surface area (Å²) >= 11 is 0. The smallest absolute Gasteiger partial charge is 0.317 e. The number of hydrogen-bond acceptors (Lipinski definition) is 3. The van der Waals surface area contributed by atoms with Crippen LogP contribution >= 0.6 is 0 Å². The van der Waals surface area contributed by atoms with Gasteiger partial charge in [0.25, 0.3) is 0 Å². The summed E-state index contributed by atoms with van der Waals surface area (Å²) in [6, 6.07) is 9.73. The first kappa shape index (κ1) is 25.4. The van der Waals surface area contributed by atoms with E-state index in [9.17, 15) is 9.59 Å². The van der Waals surface area contributed by atoms with Crippen molar-refractivity contribution in [3.8, 4) is 5.69 Å². The van der Waals surface area contributed by atoms with E-state index in [0.717, 1.165) is 42.6 Å². The molecular weight excluding hydrogens is 402 g/mol. The highest BCUT2D eigenvalue weighted by atomic mass is 16.2. The summed E-state index contributed by atoms with van der Waals surface area (Å²) in [6.07, 6.45) is 3.74. The van der Waals surface area contributed by atoms with Crippen LogP contribution < -0.4 is 10.6 Å². The fourth-order valence-corrected chi connectivity index (χ4v) is 3.16. The number of rotatable bonds is 10. The van der Waals surface area contributed by atoms with Crippen LogP contribution in [0.1, 0.15) is 71.6 Å². The molecule has 3 amide bonds. The van der Waals surface area contributed by atoms with E-state index in [-0.39, 0.29) is 23.9 Å². The maximum atomic E-state index is 12.9. The van der Waals surface area contributed by atoms with Crippen molar-refractivity contribution in [2.45, 2.75) is 72.6 Å². The molecule has 0 aliphatic carbocycles. The molecule has 0 aliphatic rings. The van der Waals surface area contributed by atoms with Gasteiger partial charge in [0.05, 0.1) is 11.4 Å². The van der Waals surface area contributed by atoms with Crippen LogP contribution in [0.3, 0.4) is 0 Å². The van der Waals surface area contributed by atoms with Crippen molar-refractivity contribution in [3.63, 3.8) is 0 Å². The Morgan fingerprint density at radius 2 is 1.72 bits per heavy atom. The van der Waals surface area contributed by atoms with Crippen LogP contribution in [0.5, 0.6) is 0 Å². The molecule has 0 saturated carbocycles. The second-order valence-electron chi connectivity index (χ2n) is 9.32.